The van der Waals surface area contributed by atoms with E-state index in [1.807, 2.05) is 51.1 Å². The molecule has 1 aromatic carbocycles. The SMILES string of the molecule is CC(C)(C)OC(=O)N1CCC(NC(=O)OCc2ccccc2)C(CO)C1. The molecule has 144 valence electrons. The number of amides is 2. The molecule has 1 saturated heterocycles. The second-order valence-corrected chi connectivity index (χ2v) is 7.47. The van der Waals surface area contributed by atoms with E-state index in [-0.39, 0.29) is 25.2 Å². The Labute approximate surface area is 154 Å². The monoisotopic (exact) mass is 364 g/mol. The van der Waals surface area contributed by atoms with Gasteiger partial charge in [0.15, 0.2) is 0 Å². The van der Waals surface area contributed by atoms with Crippen LogP contribution in [0, 0.1) is 5.92 Å². The Hall–Kier alpha value is -2.28. The number of benzene rings is 1. The van der Waals surface area contributed by atoms with E-state index in [0.29, 0.717) is 19.5 Å². The van der Waals surface area contributed by atoms with Crippen LogP contribution >= 0.6 is 0 Å². The molecule has 2 amide bonds. The summed E-state index contributed by atoms with van der Waals surface area (Å²) < 4.78 is 10.6. The molecule has 2 unspecified atom stereocenters. The molecule has 0 saturated carbocycles. The summed E-state index contributed by atoms with van der Waals surface area (Å²) in [6.07, 6.45) is -0.394. The van der Waals surface area contributed by atoms with Gasteiger partial charge in [0.2, 0.25) is 0 Å². The van der Waals surface area contributed by atoms with Gasteiger partial charge < -0.3 is 24.8 Å². The number of alkyl carbamates (subject to hydrolysis) is 1. The summed E-state index contributed by atoms with van der Waals surface area (Å²) >= 11 is 0. The summed E-state index contributed by atoms with van der Waals surface area (Å²) in [6, 6.07) is 9.16. The molecule has 1 aliphatic heterocycles. The molecule has 0 bridgehead atoms. The zero-order chi connectivity index (χ0) is 19.2. The van der Waals surface area contributed by atoms with Crippen molar-refractivity contribution in [3.8, 4) is 0 Å². The molecule has 0 aromatic heterocycles. The Morgan fingerprint density at radius 3 is 2.58 bits per heavy atom. The molecule has 1 aliphatic rings. The number of carbonyl (C=O) groups is 2. The molecule has 1 aromatic rings. The minimum absolute atomic E-state index is 0.136. The van der Waals surface area contributed by atoms with Crippen LogP contribution in [-0.4, -0.2) is 53.5 Å². The lowest BCUT2D eigenvalue weighted by Crippen LogP contribution is -2.54. The van der Waals surface area contributed by atoms with Gasteiger partial charge in [0, 0.05) is 31.7 Å². The maximum absolute atomic E-state index is 12.2. The Balaban J connectivity index is 1.83. The molecule has 0 spiro atoms. The highest BCUT2D eigenvalue weighted by Crippen LogP contribution is 2.20. The first-order chi connectivity index (χ1) is 12.3. The van der Waals surface area contributed by atoms with Gasteiger partial charge in [-0.05, 0) is 32.8 Å². The van der Waals surface area contributed by atoms with Gasteiger partial charge in [0.05, 0.1) is 0 Å². The third-order valence-electron chi connectivity index (χ3n) is 4.14. The minimum Gasteiger partial charge on any atom is -0.445 e. The average molecular weight is 364 g/mol. The number of carbonyl (C=O) groups excluding carboxylic acids is 2. The molecule has 1 heterocycles. The Kier molecular flexibility index (Phi) is 6.85. The van der Waals surface area contributed by atoms with Crippen molar-refractivity contribution in [1.82, 2.24) is 10.2 Å². The highest BCUT2D eigenvalue weighted by atomic mass is 16.6. The predicted molar refractivity (Wildman–Crippen MR) is 96.6 cm³/mol. The van der Waals surface area contributed by atoms with Crippen molar-refractivity contribution in [2.24, 2.45) is 5.92 Å². The second kappa shape index (κ2) is 8.89. The summed E-state index contributed by atoms with van der Waals surface area (Å²) in [4.78, 5) is 25.8. The van der Waals surface area contributed by atoms with Crippen molar-refractivity contribution in [1.29, 1.82) is 0 Å². The average Bonchev–Trinajstić information content (AvgIpc) is 2.59. The zero-order valence-electron chi connectivity index (χ0n) is 15.6. The first-order valence-electron chi connectivity index (χ1n) is 8.84. The van der Waals surface area contributed by atoms with E-state index in [2.05, 4.69) is 5.32 Å². The number of aliphatic hydroxyl groups excluding tert-OH is 1. The van der Waals surface area contributed by atoms with E-state index in [1.54, 1.807) is 4.90 Å². The zero-order valence-corrected chi connectivity index (χ0v) is 15.6. The van der Waals surface area contributed by atoms with Crippen molar-refractivity contribution in [3.05, 3.63) is 35.9 Å². The third kappa shape index (κ3) is 6.22. The van der Waals surface area contributed by atoms with Gasteiger partial charge in [-0.3, -0.25) is 0 Å². The van der Waals surface area contributed by atoms with Crippen LogP contribution < -0.4 is 5.32 Å². The smallest absolute Gasteiger partial charge is 0.410 e. The number of ether oxygens (including phenoxy) is 2. The first kappa shape index (κ1) is 20.0. The normalized spacial score (nSPS) is 20.4. The topological polar surface area (TPSA) is 88.1 Å². The predicted octanol–water partition coefficient (Wildman–Crippen LogP) is 2.53. The van der Waals surface area contributed by atoms with Crippen molar-refractivity contribution >= 4 is 12.2 Å². The molecular weight excluding hydrogens is 336 g/mol. The highest BCUT2D eigenvalue weighted by molar-refractivity contribution is 5.69. The summed E-state index contributed by atoms with van der Waals surface area (Å²) in [7, 11) is 0. The molecule has 1 fully saturated rings. The quantitative estimate of drug-likeness (QED) is 0.857. The van der Waals surface area contributed by atoms with E-state index in [9.17, 15) is 14.7 Å². The van der Waals surface area contributed by atoms with Crippen LogP contribution in [0.1, 0.15) is 32.8 Å². The number of likely N-dealkylation sites (tertiary alicyclic amines) is 1. The number of hydrogen-bond acceptors (Lipinski definition) is 5. The number of nitrogens with one attached hydrogen (secondary N) is 1. The Morgan fingerprint density at radius 1 is 1.27 bits per heavy atom. The van der Waals surface area contributed by atoms with Crippen molar-refractivity contribution in [2.45, 2.75) is 45.4 Å². The van der Waals surface area contributed by atoms with E-state index in [1.165, 1.54) is 0 Å². The van der Waals surface area contributed by atoms with Gasteiger partial charge in [0.25, 0.3) is 0 Å². The number of rotatable bonds is 4. The van der Waals surface area contributed by atoms with E-state index in [4.69, 9.17) is 9.47 Å². The molecule has 2 rings (SSSR count). The fourth-order valence-corrected chi connectivity index (χ4v) is 2.82. The molecule has 26 heavy (non-hydrogen) atoms. The van der Waals surface area contributed by atoms with Gasteiger partial charge in [-0.1, -0.05) is 30.3 Å². The van der Waals surface area contributed by atoms with Crippen LogP contribution in [0.15, 0.2) is 30.3 Å². The number of hydrogen-bond donors (Lipinski definition) is 2. The molecule has 7 heteroatoms. The third-order valence-corrected chi connectivity index (χ3v) is 4.14. The summed E-state index contributed by atoms with van der Waals surface area (Å²) in [5, 5.41) is 12.4. The van der Waals surface area contributed by atoms with Crippen LogP contribution in [0.4, 0.5) is 9.59 Å². The van der Waals surface area contributed by atoms with Crippen molar-refractivity contribution in [2.75, 3.05) is 19.7 Å². The van der Waals surface area contributed by atoms with Crippen molar-refractivity contribution < 1.29 is 24.2 Å². The summed E-state index contributed by atoms with van der Waals surface area (Å²) in [5.41, 5.74) is 0.336. The standard InChI is InChI=1S/C19H28N2O5/c1-19(2,3)26-18(24)21-10-9-16(15(11-21)12-22)20-17(23)25-13-14-7-5-4-6-8-14/h4-8,15-16,22H,9-13H2,1-3H3,(H,20,23). The molecular formula is C19H28N2O5. The molecule has 0 radical (unpaired) electrons. The largest absolute Gasteiger partial charge is 0.445 e. The lowest BCUT2D eigenvalue weighted by Gasteiger charge is -2.38. The summed E-state index contributed by atoms with van der Waals surface area (Å²) in [5.74, 6) is -0.263. The number of aliphatic hydroxyl groups is 1. The molecule has 2 N–H and O–H groups in total. The Bertz CT molecular complexity index is 600. The second-order valence-electron chi connectivity index (χ2n) is 7.47. The van der Waals surface area contributed by atoms with Crippen LogP contribution in [0.5, 0.6) is 0 Å². The van der Waals surface area contributed by atoms with Gasteiger partial charge in [0.1, 0.15) is 12.2 Å². The van der Waals surface area contributed by atoms with E-state index < -0.39 is 17.8 Å². The fraction of sp³-hybridized carbons (Fsp3) is 0.579. The van der Waals surface area contributed by atoms with Crippen LogP contribution in [0.2, 0.25) is 0 Å². The Morgan fingerprint density at radius 2 is 1.96 bits per heavy atom. The number of nitrogens with zero attached hydrogens (tertiary/aromatic N) is 1. The maximum atomic E-state index is 12.2. The van der Waals surface area contributed by atoms with Gasteiger partial charge >= 0.3 is 12.2 Å². The fourth-order valence-electron chi connectivity index (χ4n) is 2.82. The minimum atomic E-state index is -0.567. The van der Waals surface area contributed by atoms with Crippen LogP contribution in [0.25, 0.3) is 0 Å². The van der Waals surface area contributed by atoms with Gasteiger partial charge in [-0.15, -0.1) is 0 Å². The molecule has 0 aliphatic carbocycles. The van der Waals surface area contributed by atoms with E-state index in [0.717, 1.165) is 5.56 Å². The molecule has 2 atom stereocenters. The lowest BCUT2D eigenvalue weighted by atomic mass is 9.93. The van der Waals surface area contributed by atoms with Crippen LogP contribution in [-0.2, 0) is 16.1 Å². The first-order valence-corrected chi connectivity index (χ1v) is 8.84. The van der Waals surface area contributed by atoms with Crippen molar-refractivity contribution in [3.63, 3.8) is 0 Å². The van der Waals surface area contributed by atoms with Gasteiger partial charge in [-0.2, -0.15) is 0 Å². The highest BCUT2D eigenvalue weighted by Gasteiger charge is 2.34. The number of piperidine rings is 1. The summed E-state index contributed by atoms with van der Waals surface area (Å²) in [6.45, 7) is 6.27. The van der Waals surface area contributed by atoms with Gasteiger partial charge in [-0.25, -0.2) is 9.59 Å². The molecule has 7 nitrogen and oxygen atoms in total. The maximum Gasteiger partial charge on any atom is 0.410 e. The van der Waals surface area contributed by atoms with E-state index >= 15 is 0 Å². The lowest BCUT2D eigenvalue weighted by molar-refractivity contribution is 0.00834. The van der Waals surface area contributed by atoms with Crippen LogP contribution in [0.3, 0.4) is 0 Å².